The molecule has 1 amide bonds. The number of benzene rings is 1. The standard InChI is InChI=1S/C33H31FN6O7S/c1-2-45-32-26(4-3-10-38-32)27-6-8-29(30(39-27)31(41)37-11-9-21-12-24(18-36-17-21)47-48(42,43)44)46-25-14-33(15-25)19-40(20-33)28-7-5-23(34)13-22(28)16-35/h3-8,10,12-13,17-18,25H,2,9,11,14-15,19-20H2,1H3,(H,37,41)(H,42,43,44). The van der Waals surface area contributed by atoms with Gasteiger partial charge in [0.2, 0.25) is 5.88 Å². The quantitative estimate of drug-likeness (QED) is 0.206. The minimum atomic E-state index is -4.71. The van der Waals surface area contributed by atoms with Crippen molar-refractivity contribution in [1.29, 1.82) is 5.26 Å². The summed E-state index contributed by atoms with van der Waals surface area (Å²) in [7, 11) is -4.71. The molecule has 15 heteroatoms. The molecule has 0 radical (unpaired) electrons. The number of carbonyl (C=O) groups excluding carboxylic acids is 1. The Bertz CT molecular complexity index is 1990. The van der Waals surface area contributed by atoms with Gasteiger partial charge < -0.3 is 23.9 Å². The van der Waals surface area contributed by atoms with Crippen LogP contribution in [0.3, 0.4) is 0 Å². The third-order valence-corrected chi connectivity index (χ3v) is 8.56. The van der Waals surface area contributed by atoms with Crippen LogP contribution in [0, 0.1) is 22.6 Å². The third-order valence-electron chi connectivity index (χ3n) is 8.16. The van der Waals surface area contributed by atoms with E-state index in [1.807, 2.05) is 6.92 Å². The predicted octanol–water partition coefficient (Wildman–Crippen LogP) is 4.15. The van der Waals surface area contributed by atoms with Crippen LogP contribution < -0.4 is 23.9 Å². The zero-order valence-corrected chi connectivity index (χ0v) is 26.6. The fraction of sp³-hybridized carbons (Fsp3) is 0.303. The molecule has 3 aromatic heterocycles. The van der Waals surface area contributed by atoms with E-state index in [1.165, 1.54) is 24.4 Å². The highest BCUT2D eigenvalue weighted by atomic mass is 32.3. The van der Waals surface area contributed by atoms with Crippen molar-refractivity contribution in [3.63, 3.8) is 0 Å². The Hall–Kier alpha value is -5.33. The first kappa shape index (κ1) is 32.6. The van der Waals surface area contributed by atoms with Gasteiger partial charge in [-0.05, 0) is 80.3 Å². The third kappa shape index (κ3) is 7.29. The van der Waals surface area contributed by atoms with Gasteiger partial charge in [0.1, 0.15) is 18.0 Å². The minimum absolute atomic E-state index is 0.00527. The van der Waals surface area contributed by atoms with E-state index in [9.17, 15) is 22.9 Å². The van der Waals surface area contributed by atoms with Gasteiger partial charge in [0.15, 0.2) is 17.2 Å². The lowest BCUT2D eigenvalue weighted by molar-refractivity contribution is -0.0344. The topological polar surface area (TPSA) is 177 Å². The number of pyridine rings is 3. The SMILES string of the molecule is CCOc1ncccc1-c1ccc(OC2CC3(C2)CN(c2ccc(F)cc2C#N)C3)c(C(=O)NCCc2cncc(OS(=O)(=O)O)c2)n1. The minimum Gasteiger partial charge on any atom is -0.488 e. The number of hydrogen-bond donors (Lipinski definition) is 2. The molecule has 1 saturated heterocycles. The number of aromatic nitrogens is 3. The zero-order chi connectivity index (χ0) is 33.9. The first-order valence-corrected chi connectivity index (χ1v) is 16.5. The second kappa shape index (κ2) is 13.4. The first-order valence-electron chi connectivity index (χ1n) is 15.1. The molecule has 0 bridgehead atoms. The lowest BCUT2D eigenvalue weighted by Crippen LogP contribution is -2.65. The zero-order valence-electron chi connectivity index (χ0n) is 25.8. The smallest absolute Gasteiger partial charge is 0.446 e. The van der Waals surface area contributed by atoms with Crippen LogP contribution >= 0.6 is 0 Å². The first-order chi connectivity index (χ1) is 23.0. The van der Waals surface area contributed by atoms with Crippen molar-refractivity contribution >= 4 is 22.0 Å². The molecule has 4 aromatic rings. The summed E-state index contributed by atoms with van der Waals surface area (Å²) in [6.07, 6.45) is 5.82. The summed E-state index contributed by atoms with van der Waals surface area (Å²) < 4.78 is 61.1. The number of hydrogen-bond acceptors (Lipinski definition) is 11. The number of halogens is 1. The van der Waals surface area contributed by atoms with Gasteiger partial charge in [-0.3, -0.25) is 14.3 Å². The molecule has 0 unspecified atom stereocenters. The van der Waals surface area contributed by atoms with Crippen molar-refractivity contribution in [3.05, 3.63) is 89.8 Å². The largest absolute Gasteiger partial charge is 0.488 e. The molecule has 0 atom stereocenters. The Morgan fingerprint density at radius 3 is 2.75 bits per heavy atom. The van der Waals surface area contributed by atoms with E-state index in [-0.39, 0.29) is 35.9 Å². The maximum absolute atomic E-state index is 13.6. The van der Waals surface area contributed by atoms with E-state index in [1.54, 1.807) is 36.5 Å². The summed E-state index contributed by atoms with van der Waals surface area (Å²) >= 11 is 0. The number of nitriles is 1. The fourth-order valence-electron chi connectivity index (χ4n) is 6.10. The van der Waals surface area contributed by atoms with Gasteiger partial charge in [0.25, 0.3) is 5.91 Å². The molecule has 1 saturated carbocycles. The van der Waals surface area contributed by atoms with Gasteiger partial charge in [0, 0.05) is 37.4 Å². The molecule has 4 heterocycles. The average molecular weight is 675 g/mol. The van der Waals surface area contributed by atoms with Crippen LogP contribution in [0.5, 0.6) is 17.4 Å². The highest BCUT2D eigenvalue weighted by Gasteiger charge is 2.54. The summed E-state index contributed by atoms with van der Waals surface area (Å²) in [5.41, 5.74) is 2.72. The molecule has 2 N–H and O–H groups in total. The number of nitrogens with one attached hydrogen (secondary N) is 1. The van der Waals surface area contributed by atoms with Gasteiger partial charge in [-0.25, -0.2) is 14.4 Å². The number of nitrogens with zero attached hydrogens (tertiary/aromatic N) is 5. The Morgan fingerprint density at radius 1 is 1.19 bits per heavy atom. The van der Waals surface area contributed by atoms with E-state index in [0.717, 1.165) is 19.0 Å². The number of carbonyl (C=O) groups is 1. The van der Waals surface area contributed by atoms with Crippen molar-refractivity contribution in [3.8, 4) is 34.7 Å². The number of anilines is 1. The summed E-state index contributed by atoms with van der Waals surface area (Å²) in [5, 5.41) is 12.3. The van der Waals surface area contributed by atoms with Gasteiger partial charge in [0.05, 0.1) is 35.3 Å². The molecule has 1 aliphatic heterocycles. The average Bonchev–Trinajstić information content (AvgIpc) is 3.01. The normalized spacial score (nSPS) is 15.2. The van der Waals surface area contributed by atoms with Gasteiger partial charge in [-0.15, -0.1) is 0 Å². The van der Waals surface area contributed by atoms with Gasteiger partial charge in [-0.1, -0.05) is 0 Å². The second-order valence-corrected chi connectivity index (χ2v) is 12.7. The molecule has 6 rings (SSSR count). The van der Waals surface area contributed by atoms with Gasteiger partial charge in [-0.2, -0.15) is 13.7 Å². The number of amides is 1. The van der Waals surface area contributed by atoms with Crippen LogP contribution in [0.2, 0.25) is 0 Å². The van der Waals surface area contributed by atoms with Crippen LogP contribution in [-0.4, -0.2) is 66.2 Å². The lowest BCUT2D eigenvalue weighted by Gasteiger charge is -2.59. The van der Waals surface area contributed by atoms with Crippen LogP contribution in [0.15, 0.2) is 67.1 Å². The van der Waals surface area contributed by atoms with Crippen molar-refractivity contribution in [2.45, 2.75) is 32.3 Å². The molecular weight excluding hydrogens is 643 g/mol. The number of ether oxygens (including phenoxy) is 2. The summed E-state index contributed by atoms with van der Waals surface area (Å²) in [5.74, 6) is -0.413. The number of rotatable bonds is 12. The maximum Gasteiger partial charge on any atom is 0.446 e. The monoisotopic (exact) mass is 674 g/mol. The van der Waals surface area contributed by atoms with Gasteiger partial charge >= 0.3 is 10.4 Å². The summed E-state index contributed by atoms with van der Waals surface area (Å²) in [6, 6.07) is 14.7. The van der Waals surface area contributed by atoms with E-state index in [4.69, 9.17) is 14.0 Å². The Balaban J connectivity index is 1.15. The Morgan fingerprint density at radius 2 is 2.00 bits per heavy atom. The molecule has 13 nitrogen and oxygen atoms in total. The molecular formula is C33H31FN6O7S. The van der Waals surface area contributed by atoms with Crippen LogP contribution in [-0.2, 0) is 16.8 Å². The molecule has 1 aliphatic carbocycles. The van der Waals surface area contributed by atoms with Crippen LogP contribution in [0.1, 0.15) is 41.4 Å². The summed E-state index contributed by atoms with van der Waals surface area (Å²) in [6.45, 7) is 3.81. The fourth-order valence-corrected chi connectivity index (χ4v) is 6.43. The molecule has 1 spiro atoms. The van der Waals surface area contributed by atoms with E-state index in [0.29, 0.717) is 59.4 Å². The highest BCUT2D eigenvalue weighted by molar-refractivity contribution is 7.81. The van der Waals surface area contributed by atoms with E-state index in [2.05, 4.69) is 35.4 Å². The van der Waals surface area contributed by atoms with Crippen molar-refractivity contribution in [1.82, 2.24) is 20.3 Å². The molecule has 248 valence electrons. The predicted molar refractivity (Wildman–Crippen MR) is 170 cm³/mol. The summed E-state index contributed by atoms with van der Waals surface area (Å²) in [4.78, 5) is 28.5. The second-order valence-electron chi connectivity index (χ2n) is 11.7. The van der Waals surface area contributed by atoms with E-state index < -0.39 is 22.1 Å². The Labute approximate surface area is 276 Å². The maximum atomic E-state index is 13.6. The van der Waals surface area contributed by atoms with E-state index >= 15 is 0 Å². The lowest BCUT2D eigenvalue weighted by atomic mass is 9.61. The van der Waals surface area contributed by atoms with Crippen LogP contribution in [0.4, 0.5) is 10.1 Å². The highest BCUT2D eigenvalue weighted by Crippen LogP contribution is 2.51. The van der Waals surface area contributed by atoms with Crippen molar-refractivity contribution in [2.24, 2.45) is 5.41 Å². The molecule has 2 aliphatic rings. The van der Waals surface area contributed by atoms with Crippen molar-refractivity contribution < 1.29 is 35.8 Å². The molecule has 2 fully saturated rings. The molecule has 48 heavy (non-hydrogen) atoms. The van der Waals surface area contributed by atoms with Crippen LogP contribution in [0.25, 0.3) is 11.3 Å². The Kier molecular flexibility index (Phi) is 9.11. The van der Waals surface area contributed by atoms with Crippen molar-refractivity contribution in [2.75, 3.05) is 31.1 Å². The molecule has 1 aromatic carbocycles.